The maximum Gasteiger partial charge on any atom is 0.253 e. The highest BCUT2D eigenvalue weighted by Gasteiger charge is 2.43. The Balaban J connectivity index is 1.23. The Morgan fingerprint density at radius 2 is 1.82 bits per heavy atom. The molecule has 176 valence electrons. The summed E-state index contributed by atoms with van der Waals surface area (Å²) in [6, 6.07) is 8.99. The summed E-state index contributed by atoms with van der Waals surface area (Å²) < 4.78 is 16.9. The van der Waals surface area contributed by atoms with E-state index >= 15 is 0 Å². The van der Waals surface area contributed by atoms with Crippen molar-refractivity contribution in [2.75, 3.05) is 33.9 Å². The van der Waals surface area contributed by atoms with Crippen LogP contribution in [0.5, 0.6) is 11.5 Å². The Morgan fingerprint density at radius 3 is 2.52 bits per heavy atom. The second kappa shape index (κ2) is 10.2. The van der Waals surface area contributed by atoms with Crippen molar-refractivity contribution in [2.45, 2.75) is 43.8 Å². The van der Waals surface area contributed by atoms with Crippen LogP contribution in [0.25, 0.3) is 0 Å². The summed E-state index contributed by atoms with van der Waals surface area (Å²) in [5.74, 6) is 1.24. The lowest BCUT2D eigenvalue weighted by molar-refractivity contribution is -0.122. The number of carbonyl (C=O) groups excluding carboxylic acids is 2. The van der Waals surface area contributed by atoms with Crippen LogP contribution in [0.1, 0.15) is 41.6 Å². The van der Waals surface area contributed by atoms with Crippen molar-refractivity contribution in [3.8, 4) is 11.5 Å². The van der Waals surface area contributed by atoms with Gasteiger partial charge in [0, 0.05) is 37.6 Å². The highest BCUT2D eigenvalue weighted by Crippen LogP contribution is 2.39. The summed E-state index contributed by atoms with van der Waals surface area (Å²) in [5, 5.41) is 3.00. The van der Waals surface area contributed by atoms with Gasteiger partial charge in [0.15, 0.2) is 11.5 Å². The minimum Gasteiger partial charge on any atom is -0.493 e. The first-order valence-corrected chi connectivity index (χ1v) is 11.4. The van der Waals surface area contributed by atoms with E-state index in [1.165, 1.54) is 0 Å². The lowest BCUT2D eigenvalue weighted by atomic mass is 9.88. The summed E-state index contributed by atoms with van der Waals surface area (Å²) in [4.78, 5) is 31.0. The van der Waals surface area contributed by atoms with Crippen molar-refractivity contribution in [1.29, 1.82) is 0 Å². The highest BCUT2D eigenvalue weighted by atomic mass is 16.5. The minimum atomic E-state index is -0.187. The van der Waals surface area contributed by atoms with E-state index in [0.717, 1.165) is 31.2 Å². The predicted molar refractivity (Wildman–Crippen MR) is 122 cm³/mol. The smallest absolute Gasteiger partial charge is 0.253 e. The fourth-order valence-corrected chi connectivity index (χ4v) is 4.67. The number of nitrogens with zero attached hydrogens (tertiary/aromatic N) is 2. The number of benzene rings is 1. The van der Waals surface area contributed by atoms with Gasteiger partial charge in [0.1, 0.15) is 0 Å². The van der Waals surface area contributed by atoms with Gasteiger partial charge in [-0.05, 0) is 55.5 Å². The van der Waals surface area contributed by atoms with Crippen LogP contribution in [0.3, 0.4) is 0 Å². The lowest BCUT2D eigenvalue weighted by Gasteiger charge is -2.39. The van der Waals surface area contributed by atoms with E-state index in [0.29, 0.717) is 36.7 Å². The van der Waals surface area contributed by atoms with Crippen LogP contribution in [0.15, 0.2) is 42.7 Å². The van der Waals surface area contributed by atoms with Crippen LogP contribution in [-0.2, 0) is 16.0 Å². The highest BCUT2D eigenvalue weighted by molar-refractivity contribution is 5.94. The summed E-state index contributed by atoms with van der Waals surface area (Å²) in [7, 11) is 3.16. The largest absolute Gasteiger partial charge is 0.493 e. The number of pyridine rings is 1. The molecule has 0 radical (unpaired) electrons. The average molecular weight is 454 g/mol. The second-order valence-corrected chi connectivity index (χ2v) is 8.66. The van der Waals surface area contributed by atoms with Crippen molar-refractivity contribution >= 4 is 11.8 Å². The molecule has 0 aliphatic carbocycles. The first-order valence-electron chi connectivity index (χ1n) is 11.4. The van der Waals surface area contributed by atoms with Gasteiger partial charge < -0.3 is 24.4 Å². The Bertz CT molecular complexity index is 973. The van der Waals surface area contributed by atoms with Crippen LogP contribution < -0.4 is 14.8 Å². The summed E-state index contributed by atoms with van der Waals surface area (Å²) in [5.41, 5.74) is 1.34. The Labute approximate surface area is 194 Å². The summed E-state index contributed by atoms with van der Waals surface area (Å²) >= 11 is 0. The van der Waals surface area contributed by atoms with Gasteiger partial charge in [-0.3, -0.25) is 14.6 Å². The van der Waals surface area contributed by atoms with Crippen molar-refractivity contribution in [3.05, 3.63) is 53.9 Å². The first-order chi connectivity index (χ1) is 16.0. The van der Waals surface area contributed by atoms with Crippen molar-refractivity contribution in [3.63, 3.8) is 0 Å². The molecule has 2 aliphatic rings. The molecule has 1 spiro atoms. The number of amides is 2. The molecule has 0 unspecified atom stereocenters. The van der Waals surface area contributed by atoms with E-state index in [-0.39, 0.29) is 29.9 Å². The van der Waals surface area contributed by atoms with Gasteiger partial charge in [-0.1, -0.05) is 6.07 Å². The zero-order valence-electron chi connectivity index (χ0n) is 19.2. The molecule has 1 aromatic carbocycles. The molecule has 8 heteroatoms. The molecule has 2 fully saturated rings. The molecule has 1 atom stereocenters. The van der Waals surface area contributed by atoms with Crippen LogP contribution in [-0.4, -0.2) is 67.3 Å². The quantitative estimate of drug-likeness (QED) is 0.693. The molecular formula is C25H31N3O5. The fraction of sp³-hybridized carbons (Fsp3) is 0.480. The van der Waals surface area contributed by atoms with Gasteiger partial charge in [-0.15, -0.1) is 0 Å². The van der Waals surface area contributed by atoms with Crippen LogP contribution in [0.2, 0.25) is 0 Å². The number of likely N-dealkylation sites (tertiary alicyclic amines) is 1. The number of hydrogen-bond donors (Lipinski definition) is 1. The topological polar surface area (TPSA) is 90.0 Å². The molecule has 2 aromatic rings. The molecule has 3 heterocycles. The first kappa shape index (κ1) is 23.0. The van der Waals surface area contributed by atoms with Gasteiger partial charge in [-0.25, -0.2) is 0 Å². The van der Waals surface area contributed by atoms with E-state index < -0.39 is 0 Å². The van der Waals surface area contributed by atoms with Crippen molar-refractivity contribution in [1.82, 2.24) is 15.2 Å². The number of methoxy groups -OCH3 is 2. The molecule has 2 aliphatic heterocycles. The van der Waals surface area contributed by atoms with Crippen molar-refractivity contribution < 1.29 is 23.8 Å². The molecular weight excluding hydrogens is 422 g/mol. The Hall–Kier alpha value is -3.13. The Kier molecular flexibility index (Phi) is 7.13. The summed E-state index contributed by atoms with van der Waals surface area (Å²) in [6.45, 7) is 1.85. The number of ether oxygens (including phenoxy) is 3. The van der Waals surface area contributed by atoms with E-state index in [9.17, 15) is 9.59 Å². The molecule has 0 saturated carbocycles. The monoisotopic (exact) mass is 453 g/mol. The zero-order chi connectivity index (χ0) is 23.3. The van der Waals surface area contributed by atoms with Gasteiger partial charge >= 0.3 is 0 Å². The van der Waals surface area contributed by atoms with Gasteiger partial charge in [0.25, 0.3) is 5.91 Å². The molecule has 33 heavy (non-hydrogen) atoms. The molecule has 2 amide bonds. The standard InChI is InChI=1S/C25H31N3O5/c1-31-21-4-3-18(15-22(21)32-2)16-23(29)27-17-20-5-8-25(33-20)9-13-28(14-10-25)24(30)19-6-11-26-12-7-19/h3-4,6-7,11-12,15,20H,5,8-10,13-14,16-17H2,1-2H3,(H,27,29)/t20-/m1/s1. The maximum atomic E-state index is 12.7. The van der Waals surface area contributed by atoms with Crippen molar-refractivity contribution in [2.24, 2.45) is 0 Å². The third kappa shape index (κ3) is 5.45. The van der Waals surface area contributed by atoms with Gasteiger partial charge in [0.2, 0.25) is 5.91 Å². The SMILES string of the molecule is COc1ccc(CC(=O)NC[C@H]2CCC3(CCN(C(=O)c4ccncc4)CC3)O2)cc1OC. The normalized spacial score (nSPS) is 19.3. The number of carbonyl (C=O) groups is 2. The second-order valence-electron chi connectivity index (χ2n) is 8.66. The van der Waals surface area contributed by atoms with Crippen LogP contribution >= 0.6 is 0 Å². The molecule has 1 aromatic heterocycles. The third-order valence-corrected chi connectivity index (χ3v) is 6.57. The number of aromatic nitrogens is 1. The molecule has 1 N–H and O–H groups in total. The number of piperidine rings is 1. The van der Waals surface area contributed by atoms with Gasteiger partial charge in [0.05, 0.1) is 32.3 Å². The predicted octanol–water partition coefficient (Wildman–Crippen LogP) is 2.61. The molecule has 2 saturated heterocycles. The molecule has 4 rings (SSSR count). The van der Waals surface area contributed by atoms with E-state index in [1.807, 2.05) is 17.0 Å². The van der Waals surface area contributed by atoms with E-state index in [2.05, 4.69) is 10.3 Å². The minimum absolute atomic E-state index is 0.00167. The lowest BCUT2D eigenvalue weighted by Crippen LogP contribution is -2.47. The fourth-order valence-electron chi connectivity index (χ4n) is 4.67. The van der Waals surface area contributed by atoms with Crippen LogP contribution in [0, 0.1) is 0 Å². The average Bonchev–Trinajstić information content (AvgIpc) is 3.25. The zero-order valence-corrected chi connectivity index (χ0v) is 19.2. The maximum absolute atomic E-state index is 12.7. The molecule has 0 bridgehead atoms. The third-order valence-electron chi connectivity index (χ3n) is 6.57. The number of hydrogen-bond acceptors (Lipinski definition) is 6. The van der Waals surface area contributed by atoms with E-state index in [4.69, 9.17) is 14.2 Å². The Morgan fingerprint density at radius 1 is 1.09 bits per heavy atom. The molecule has 8 nitrogen and oxygen atoms in total. The number of rotatable bonds is 7. The van der Waals surface area contributed by atoms with Crippen LogP contribution in [0.4, 0.5) is 0 Å². The number of nitrogens with one attached hydrogen (secondary N) is 1. The van der Waals surface area contributed by atoms with E-state index in [1.54, 1.807) is 44.8 Å². The van der Waals surface area contributed by atoms with Gasteiger partial charge in [-0.2, -0.15) is 0 Å². The summed E-state index contributed by atoms with van der Waals surface area (Å²) in [6.07, 6.45) is 7.06.